The molecule has 2 rings (SSSR count). The number of aromatic nitrogens is 2. The zero-order chi connectivity index (χ0) is 13.0. The largest absolute Gasteiger partial charge is 0.370 e. The summed E-state index contributed by atoms with van der Waals surface area (Å²) in [4.78, 5) is 4.47. The predicted octanol–water partition coefficient (Wildman–Crippen LogP) is 2.08. The molecule has 1 saturated carbocycles. The van der Waals surface area contributed by atoms with Crippen molar-refractivity contribution < 1.29 is 9.26 Å². The van der Waals surface area contributed by atoms with Crippen LogP contribution in [0.5, 0.6) is 0 Å². The van der Waals surface area contributed by atoms with Crippen LogP contribution in [0.25, 0.3) is 0 Å². The molecule has 5 nitrogen and oxygen atoms in total. The van der Waals surface area contributed by atoms with Crippen LogP contribution in [0.1, 0.15) is 50.9 Å². The summed E-state index contributed by atoms with van der Waals surface area (Å²) < 4.78 is 11.0. The van der Waals surface area contributed by atoms with Crippen LogP contribution >= 0.6 is 0 Å². The number of nitrogens with two attached hydrogens (primary N) is 1. The number of ether oxygens (including phenoxy) is 1. The van der Waals surface area contributed by atoms with Crippen LogP contribution in [0.3, 0.4) is 0 Å². The second kappa shape index (κ2) is 6.29. The molecule has 0 radical (unpaired) electrons. The SMILES string of the molecule is CCOC(c1noc(CC(CC)CN)n1)C1CC1. The highest BCUT2D eigenvalue weighted by Crippen LogP contribution is 2.42. The molecule has 0 aromatic carbocycles. The first-order valence-electron chi connectivity index (χ1n) is 6.92. The first kappa shape index (κ1) is 13.5. The molecule has 5 heteroatoms. The Morgan fingerprint density at radius 1 is 1.44 bits per heavy atom. The second-order valence-electron chi connectivity index (χ2n) is 4.97. The van der Waals surface area contributed by atoms with Crippen LogP contribution in [0.4, 0.5) is 0 Å². The fraction of sp³-hybridized carbons (Fsp3) is 0.846. The van der Waals surface area contributed by atoms with Crippen molar-refractivity contribution in [2.45, 2.75) is 45.6 Å². The molecule has 2 atom stereocenters. The average Bonchev–Trinajstić information content (AvgIpc) is 3.12. The van der Waals surface area contributed by atoms with E-state index in [2.05, 4.69) is 17.1 Å². The molecule has 0 spiro atoms. The van der Waals surface area contributed by atoms with Gasteiger partial charge in [-0.15, -0.1) is 0 Å². The van der Waals surface area contributed by atoms with E-state index in [0.29, 0.717) is 36.7 Å². The molecule has 2 unspecified atom stereocenters. The lowest BCUT2D eigenvalue weighted by atomic mass is 10.0. The van der Waals surface area contributed by atoms with E-state index in [1.165, 1.54) is 12.8 Å². The summed E-state index contributed by atoms with van der Waals surface area (Å²) in [5, 5.41) is 4.07. The molecule has 18 heavy (non-hydrogen) atoms. The summed E-state index contributed by atoms with van der Waals surface area (Å²) in [5.41, 5.74) is 5.69. The highest BCUT2D eigenvalue weighted by molar-refractivity contribution is 4.98. The molecule has 2 N–H and O–H groups in total. The Bertz CT molecular complexity index is 359. The van der Waals surface area contributed by atoms with Crippen molar-refractivity contribution in [3.05, 3.63) is 11.7 Å². The van der Waals surface area contributed by atoms with Crippen molar-refractivity contribution in [1.29, 1.82) is 0 Å². The monoisotopic (exact) mass is 253 g/mol. The van der Waals surface area contributed by atoms with Crippen molar-refractivity contribution >= 4 is 0 Å². The molecular formula is C13H23N3O2. The Balaban J connectivity index is 1.99. The van der Waals surface area contributed by atoms with Gasteiger partial charge in [-0.25, -0.2) is 0 Å². The predicted molar refractivity (Wildman–Crippen MR) is 67.9 cm³/mol. The Morgan fingerprint density at radius 3 is 2.78 bits per heavy atom. The number of hydrogen-bond donors (Lipinski definition) is 1. The van der Waals surface area contributed by atoms with Crippen molar-refractivity contribution in [3.63, 3.8) is 0 Å². The Kier molecular flexibility index (Phi) is 4.72. The Hall–Kier alpha value is -0.940. The lowest BCUT2D eigenvalue weighted by Gasteiger charge is -2.11. The lowest BCUT2D eigenvalue weighted by Crippen LogP contribution is -2.16. The van der Waals surface area contributed by atoms with E-state index in [0.717, 1.165) is 12.8 Å². The minimum Gasteiger partial charge on any atom is -0.370 e. The standard InChI is InChI=1S/C13H23N3O2/c1-3-9(8-14)7-11-15-13(16-18-11)12(17-4-2)10-5-6-10/h9-10,12H,3-8,14H2,1-2H3. The molecule has 1 aliphatic rings. The van der Waals surface area contributed by atoms with Gasteiger partial charge in [0.1, 0.15) is 6.10 Å². The highest BCUT2D eigenvalue weighted by atomic mass is 16.5. The smallest absolute Gasteiger partial charge is 0.227 e. The summed E-state index contributed by atoms with van der Waals surface area (Å²) in [5.74, 6) is 2.39. The van der Waals surface area contributed by atoms with E-state index in [9.17, 15) is 0 Å². The minimum absolute atomic E-state index is 0.0189. The van der Waals surface area contributed by atoms with Crippen LogP contribution in [0.15, 0.2) is 4.52 Å². The van der Waals surface area contributed by atoms with Crippen LogP contribution in [-0.2, 0) is 11.2 Å². The summed E-state index contributed by atoms with van der Waals surface area (Å²) in [6.45, 7) is 5.47. The fourth-order valence-corrected chi connectivity index (χ4v) is 2.11. The first-order chi connectivity index (χ1) is 8.78. The molecule has 102 valence electrons. The number of hydrogen-bond acceptors (Lipinski definition) is 5. The van der Waals surface area contributed by atoms with Gasteiger partial charge in [-0.1, -0.05) is 18.5 Å². The molecule has 0 aliphatic heterocycles. The Morgan fingerprint density at radius 2 is 2.22 bits per heavy atom. The van der Waals surface area contributed by atoms with Gasteiger partial charge >= 0.3 is 0 Å². The highest BCUT2D eigenvalue weighted by Gasteiger charge is 2.36. The van der Waals surface area contributed by atoms with Gasteiger partial charge in [-0.2, -0.15) is 4.98 Å². The van der Waals surface area contributed by atoms with E-state index < -0.39 is 0 Å². The quantitative estimate of drug-likeness (QED) is 0.767. The summed E-state index contributed by atoms with van der Waals surface area (Å²) in [7, 11) is 0. The second-order valence-corrected chi connectivity index (χ2v) is 4.97. The van der Waals surface area contributed by atoms with E-state index in [1.807, 2.05) is 6.92 Å². The minimum atomic E-state index is 0.0189. The van der Waals surface area contributed by atoms with Gasteiger partial charge in [0, 0.05) is 13.0 Å². The van der Waals surface area contributed by atoms with Crippen LogP contribution < -0.4 is 5.73 Å². The van der Waals surface area contributed by atoms with Crippen molar-refractivity contribution in [2.24, 2.45) is 17.6 Å². The van der Waals surface area contributed by atoms with Gasteiger partial charge in [-0.3, -0.25) is 0 Å². The third-order valence-electron chi connectivity index (χ3n) is 3.51. The molecule has 0 saturated heterocycles. The van der Waals surface area contributed by atoms with Gasteiger partial charge in [-0.05, 0) is 38.1 Å². The summed E-state index contributed by atoms with van der Waals surface area (Å²) in [6, 6.07) is 0. The summed E-state index contributed by atoms with van der Waals surface area (Å²) >= 11 is 0. The van der Waals surface area contributed by atoms with Crippen LogP contribution in [-0.4, -0.2) is 23.3 Å². The molecule has 0 bridgehead atoms. The van der Waals surface area contributed by atoms with Crippen molar-refractivity contribution in [2.75, 3.05) is 13.2 Å². The molecule has 1 aliphatic carbocycles. The first-order valence-corrected chi connectivity index (χ1v) is 6.92. The zero-order valence-electron chi connectivity index (χ0n) is 11.3. The molecule has 1 aromatic rings. The maximum absolute atomic E-state index is 5.71. The van der Waals surface area contributed by atoms with Gasteiger partial charge in [0.2, 0.25) is 11.7 Å². The third-order valence-corrected chi connectivity index (χ3v) is 3.51. The van der Waals surface area contributed by atoms with E-state index >= 15 is 0 Å². The van der Waals surface area contributed by atoms with Gasteiger partial charge in [0.05, 0.1) is 0 Å². The number of nitrogens with zero attached hydrogens (tertiary/aromatic N) is 2. The molecule has 1 fully saturated rings. The molecule has 0 amide bonds. The zero-order valence-corrected chi connectivity index (χ0v) is 11.3. The maximum atomic E-state index is 5.71. The van der Waals surface area contributed by atoms with Gasteiger partial charge in [0.15, 0.2) is 0 Å². The maximum Gasteiger partial charge on any atom is 0.227 e. The van der Waals surface area contributed by atoms with Crippen molar-refractivity contribution in [3.8, 4) is 0 Å². The molecule has 1 aromatic heterocycles. The third kappa shape index (κ3) is 3.29. The normalized spacial score (nSPS) is 18.8. The lowest BCUT2D eigenvalue weighted by molar-refractivity contribution is 0.0384. The topological polar surface area (TPSA) is 74.2 Å². The van der Waals surface area contributed by atoms with E-state index in [4.69, 9.17) is 15.0 Å². The van der Waals surface area contributed by atoms with Gasteiger partial charge < -0.3 is 15.0 Å². The van der Waals surface area contributed by atoms with Crippen molar-refractivity contribution in [1.82, 2.24) is 10.1 Å². The number of rotatable bonds is 8. The molecular weight excluding hydrogens is 230 g/mol. The Labute approximate surface area is 108 Å². The fourth-order valence-electron chi connectivity index (χ4n) is 2.11. The summed E-state index contributed by atoms with van der Waals surface area (Å²) in [6.07, 6.45) is 4.23. The van der Waals surface area contributed by atoms with Crippen LogP contribution in [0, 0.1) is 11.8 Å². The van der Waals surface area contributed by atoms with Crippen LogP contribution in [0.2, 0.25) is 0 Å². The molecule has 1 heterocycles. The average molecular weight is 253 g/mol. The van der Waals surface area contributed by atoms with E-state index in [-0.39, 0.29) is 6.10 Å². The van der Waals surface area contributed by atoms with E-state index in [1.54, 1.807) is 0 Å². The van der Waals surface area contributed by atoms with Gasteiger partial charge in [0.25, 0.3) is 0 Å².